The van der Waals surface area contributed by atoms with E-state index in [0.29, 0.717) is 10.6 Å². The first-order valence-electron chi connectivity index (χ1n) is 6.34. The zero-order valence-corrected chi connectivity index (χ0v) is 11.9. The van der Waals surface area contributed by atoms with Gasteiger partial charge < -0.3 is 15.8 Å². The van der Waals surface area contributed by atoms with Crippen LogP contribution in [-0.2, 0) is 22.4 Å². The van der Waals surface area contributed by atoms with Gasteiger partial charge in [0.1, 0.15) is 5.00 Å². The van der Waals surface area contributed by atoms with Gasteiger partial charge in [0.25, 0.3) is 0 Å². The van der Waals surface area contributed by atoms with E-state index in [0.717, 1.165) is 31.2 Å². The molecule has 0 aromatic carbocycles. The second kappa shape index (κ2) is 5.71. The number of ether oxygens (including phenoxy) is 1. The van der Waals surface area contributed by atoms with E-state index in [1.165, 1.54) is 23.3 Å². The van der Waals surface area contributed by atoms with Crippen LogP contribution >= 0.6 is 11.3 Å². The van der Waals surface area contributed by atoms with Crippen LogP contribution < -0.4 is 11.1 Å². The third kappa shape index (κ3) is 2.79. The number of nitrogens with two attached hydrogens (primary N) is 1. The average molecular weight is 282 g/mol. The highest BCUT2D eigenvalue weighted by molar-refractivity contribution is 7.17. The minimum atomic E-state index is -0.607. The lowest BCUT2D eigenvalue weighted by atomic mass is 9.95. The summed E-state index contributed by atoms with van der Waals surface area (Å²) in [6.45, 7) is 1.61. The van der Waals surface area contributed by atoms with Crippen LogP contribution in [0.1, 0.15) is 40.6 Å². The second-order valence-electron chi connectivity index (χ2n) is 4.68. The fourth-order valence-corrected chi connectivity index (χ4v) is 3.48. The Hall–Kier alpha value is -1.40. The molecule has 1 atom stereocenters. The molecular formula is C13H18N2O3S. The lowest BCUT2D eigenvalue weighted by molar-refractivity contribution is -0.117. The third-order valence-corrected chi connectivity index (χ3v) is 4.42. The molecule has 2 rings (SSSR count). The number of methoxy groups -OCH3 is 1. The molecule has 1 aromatic heterocycles. The van der Waals surface area contributed by atoms with Gasteiger partial charge in [-0.05, 0) is 38.2 Å². The molecule has 1 unspecified atom stereocenters. The third-order valence-electron chi connectivity index (χ3n) is 3.21. The first kappa shape index (κ1) is 14.0. The van der Waals surface area contributed by atoms with E-state index in [9.17, 15) is 9.59 Å². The number of esters is 1. The molecule has 5 nitrogen and oxygen atoms in total. The minimum Gasteiger partial charge on any atom is -0.465 e. The molecule has 0 fully saturated rings. The van der Waals surface area contributed by atoms with E-state index >= 15 is 0 Å². The maximum Gasteiger partial charge on any atom is 0.341 e. The molecule has 1 amide bonds. The van der Waals surface area contributed by atoms with E-state index < -0.39 is 6.04 Å². The number of aryl methyl sites for hydroxylation is 1. The van der Waals surface area contributed by atoms with Crippen molar-refractivity contribution in [2.45, 2.75) is 38.6 Å². The van der Waals surface area contributed by atoms with Crippen LogP contribution in [0.2, 0.25) is 0 Å². The number of amides is 1. The molecule has 0 spiro atoms. The average Bonchev–Trinajstić information content (AvgIpc) is 2.75. The number of hydrogen-bond donors (Lipinski definition) is 2. The van der Waals surface area contributed by atoms with Crippen LogP contribution in [0.25, 0.3) is 0 Å². The van der Waals surface area contributed by atoms with Gasteiger partial charge >= 0.3 is 5.97 Å². The van der Waals surface area contributed by atoms with Crippen molar-refractivity contribution in [3.63, 3.8) is 0 Å². The fraction of sp³-hybridized carbons (Fsp3) is 0.538. The lowest BCUT2D eigenvalue weighted by Gasteiger charge is -2.12. The van der Waals surface area contributed by atoms with Crippen LogP contribution in [0.3, 0.4) is 0 Å². The van der Waals surface area contributed by atoms with Gasteiger partial charge in [-0.1, -0.05) is 0 Å². The summed E-state index contributed by atoms with van der Waals surface area (Å²) < 4.78 is 4.83. The van der Waals surface area contributed by atoms with Crippen molar-refractivity contribution < 1.29 is 14.3 Å². The number of anilines is 1. The quantitative estimate of drug-likeness (QED) is 0.827. The topological polar surface area (TPSA) is 81.4 Å². The zero-order valence-electron chi connectivity index (χ0n) is 11.1. The Morgan fingerprint density at radius 2 is 2.05 bits per heavy atom. The van der Waals surface area contributed by atoms with Crippen molar-refractivity contribution in [3.05, 3.63) is 16.0 Å². The SMILES string of the molecule is COC(=O)c1c(NC(=O)C(C)N)sc2c1CCCC2. The molecule has 1 aliphatic carbocycles. The molecule has 6 heteroatoms. The van der Waals surface area contributed by atoms with Crippen molar-refractivity contribution in [1.82, 2.24) is 0 Å². The number of thiophene rings is 1. The van der Waals surface area contributed by atoms with Crippen LogP contribution in [0.5, 0.6) is 0 Å². The van der Waals surface area contributed by atoms with E-state index in [1.807, 2.05) is 0 Å². The summed E-state index contributed by atoms with van der Waals surface area (Å²) in [6, 6.07) is -0.607. The van der Waals surface area contributed by atoms with Crippen LogP contribution in [0, 0.1) is 0 Å². The summed E-state index contributed by atoms with van der Waals surface area (Å²) in [6.07, 6.45) is 4.01. The maximum atomic E-state index is 11.9. The molecule has 19 heavy (non-hydrogen) atoms. The van der Waals surface area contributed by atoms with Crippen molar-refractivity contribution in [2.24, 2.45) is 5.73 Å². The van der Waals surface area contributed by atoms with Gasteiger partial charge in [0.05, 0.1) is 18.7 Å². The standard InChI is InChI=1S/C13H18N2O3S/c1-7(14)11(16)15-12-10(13(17)18-2)8-5-3-4-6-9(8)19-12/h7H,3-6,14H2,1-2H3,(H,15,16). The Bertz CT molecular complexity index is 508. The molecule has 0 radical (unpaired) electrons. The predicted octanol–water partition coefficient (Wildman–Crippen LogP) is 1.70. The highest BCUT2D eigenvalue weighted by Crippen LogP contribution is 2.38. The molecule has 1 aliphatic rings. The second-order valence-corrected chi connectivity index (χ2v) is 5.79. The van der Waals surface area contributed by atoms with Gasteiger partial charge in [0, 0.05) is 4.88 Å². The number of rotatable bonds is 3. The van der Waals surface area contributed by atoms with Gasteiger partial charge in [-0.25, -0.2) is 4.79 Å². The monoisotopic (exact) mass is 282 g/mol. The normalized spacial score (nSPS) is 15.5. The van der Waals surface area contributed by atoms with Crippen molar-refractivity contribution in [3.8, 4) is 0 Å². The van der Waals surface area contributed by atoms with Crippen molar-refractivity contribution >= 4 is 28.2 Å². The first-order valence-corrected chi connectivity index (χ1v) is 7.15. The first-order chi connectivity index (χ1) is 9.04. The molecular weight excluding hydrogens is 264 g/mol. The highest BCUT2D eigenvalue weighted by Gasteiger charge is 2.27. The summed E-state index contributed by atoms with van der Waals surface area (Å²) in [7, 11) is 1.35. The van der Waals surface area contributed by atoms with Crippen LogP contribution in [0.15, 0.2) is 0 Å². The van der Waals surface area contributed by atoms with Gasteiger partial charge in [0.15, 0.2) is 0 Å². The van der Waals surface area contributed by atoms with E-state index in [4.69, 9.17) is 10.5 Å². The number of carbonyl (C=O) groups excluding carboxylic acids is 2. The molecule has 0 aliphatic heterocycles. The Kier molecular flexibility index (Phi) is 4.21. The van der Waals surface area contributed by atoms with Gasteiger partial charge in [0.2, 0.25) is 5.91 Å². The largest absolute Gasteiger partial charge is 0.465 e. The highest BCUT2D eigenvalue weighted by atomic mass is 32.1. The number of nitrogens with one attached hydrogen (secondary N) is 1. The lowest BCUT2D eigenvalue weighted by Crippen LogP contribution is -2.32. The van der Waals surface area contributed by atoms with E-state index in [-0.39, 0.29) is 11.9 Å². The van der Waals surface area contributed by atoms with Crippen LogP contribution in [-0.4, -0.2) is 25.0 Å². The summed E-state index contributed by atoms with van der Waals surface area (Å²) in [5.74, 6) is -0.678. The fourth-order valence-electron chi connectivity index (χ4n) is 2.20. The summed E-state index contributed by atoms with van der Waals surface area (Å²) in [4.78, 5) is 24.8. The van der Waals surface area contributed by atoms with Crippen LogP contribution in [0.4, 0.5) is 5.00 Å². The molecule has 0 saturated carbocycles. The molecule has 1 heterocycles. The number of fused-ring (bicyclic) bond motifs is 1. The van der Waals surface area contributed by atoms with E-state index in [1.54, 1.807) is 6.92 Å². The van der Waals surface area contributed by atoms with Gasteiger partial charge in [-0.3, -0.25) is 4.79 Å². The minimum absolute atomic E-state index is 0.288. The molecule has 104 valence electrons. The summed E-state index contributed by atoms with van der Waals surface area (Å²) in [5.41, 5.74) is 7.08. The van der Waals surface area contributed by atoms with Crippen molar-refractivity contribution in [2.75, 3.05) is 12.4 Å². The maximum absolute atomic E-state index is 11.9. The Morgan fingerprint density at radius 3 is 2.68 bits per heavy atom. The molecule has 0 bridgehead atoms. The molecule has 1 aromatic rings. The number of hydrogen-bond acceptors (Lipinski definition) is 5. The Morgan fingerprint density at radius 1 is 1.37 bits per heavy atom. The van der Waals surface area contributed by atoms with Gasteiger partial charge in [-0.15, -0.1) is 11.3 Å². The number of carbonyl (C=O) groups is 2. The summed E-state index contributed by atoms with van der Waals surface area (Å²) in [5, 5.41) is 3.31. The molecule has 0 saturated heterocycles. The Balaban J connectivity index is 2.39. The Labute approximate surface area is 116 Å². The van der Waals surface area contributed by atoms with Crippen molar-refractivity contribution in [1.29, 1.82) is 0 Å². The predicted molar refractivity (Wildman–Crippen MR) is 74.6 cm³/mol. The zero-order chi connectivity index (χ0) is 14.0. The van der Waals surface area contributed by atoms with Gasteiger partial charge in [-0.2, -0.15) is 0 Å². The molecule has 3 N–H and O–H groups in total. The van der Waals surface area contributed by atoms with E-state index in [2.05, 4.69) is 5.32 Å². The smallest absolute Gasteiger partial charge is 0.341 e. The summed E-state index contributed by atoms with van der Waals surface area (Å²) >= 11 is 1.46.